The first kappa shape index (κ1) is 19.3. The number of rotatable bonds is 5. The number of nitrogens with zero attached hydrogens (tertiary/aromatic N) is 2. The SMILES string of the molecule is CS(=O)(=O)N1CCC(C(=O)N[C@H](c2cccnc2)C2CCOCC2)CC1. The Labute approximate surface area is 155 Å². The maximum absolute atomic E-state index is 12.9. The van der Waals surface area contributed by atoms with Crippen molar-refractivity contribution in [3.8, 4) is 0 Å². The first-order valence-electron chi connectivity index (χ1n) is 9.18. The summed E-state index contributed by atoms with van der Waals surface area (Å²) in [7, 11) is -3.18. The van der Waals surface area contributed by atoms with E-state index in [9.17, 15) is 13.2 Å². The molecule has 2 saturated heterocycles. The molecule has 0 saturated carbocycles. The second-order valence-corrected chi connectivity index (χ2v) is 9.14. The minimum atomic E-state index is -3.18. The predicted molar refractivity (Wildman–Crippen MR) is 97.8 cm³/mol. The molecule has 0 radical (unpaired) electrons. The van der Waals surface area contributed by atoms with Crippen LogP contribution in [0.4, 0.5) is 0 Å². The zero-order valence-corrected chi connectivity index (χ0v) is 16.0. The lowest BCUT2D eigenvalue weighted by molar-refractivity contribution is -0.127. The van der Waals surface area contributed by atoms with Gasteiger partial charge in [-0.25, -0.2) is 12.7 Å². The highest BCUT2D eigenvalue weighted by Crippen LogP contribution is 2.31. The number of nitrogens with one attached hydrogen (secondary N) is 1. The molecule has 7 nitrogen and oxygen atoms in total. The van der Waals surface area contributed by atoms with Crippen LogP contribution >= 0.6 is 0 Å². The number of hydrogen-bond acceptors (Lipinski definition) is 5. The molecule has 144 valence electrons. The molecule has 3 rings (SSSR count). The molecule has 1 aromatic rings. The fourth-order valence-corrected chi connectivity index (χ4v) is 4.68. The standard InChI is InChI=1S/C18H27N3O4S/c1-26(23,24)21-9-4-15(5-10-21)18(22)20-17(14-6-11-25-12-7-14)16-3-2-8-19-13-16/h2-3,8,13-15,17H,4-7,9-12H2,1H3,(H,20,22)/t17-/m0/s1. The fraction of sp³-hybridized carbons (Fsp3) is 0.667. The Morgan fingerprint density at radius 3 is 2.54 bits per heavy atom. The summed E-state index contributed by atoms with van der Waals surface area (Å²) in [6.07, 6.45) is 7.70. The zero-order chi connectivity index (χ0) is 18.6. The minimum Gasteiger partial charge on any atom is -0.381 e. The van der Waals surface area contributed by atoms with Gasteiger partial charge < -0.3 is 10.1 Å². The maximum atomic E-state index is 12.9. The highest BCUT2D eigenvalue weighted by atomic mass is 32.2. The van der Waals surface area contributed by atoms with Gasteiger partial charge in [-0.15, -0.1) is 0 Å². The molecule has 2 fully saturated rings. The van der Waals surface area contributed by atoms with Gasteiger partial charge in [-0.3, -0.25) is 9.78 Å². The molecule has 26 heavy (non-hydrogen) atoms. The summed E-state index contributed by atoms with van der Waals surface area (Å²) >= 11 is 0. The lowest BCUT2D eigenvalue weighted by Gasteiger charge is -2.34. The Balaban J connectivity index is 1.66. The van der Waals surface area contributed by atoms with Gasteiger partial charge in [0.25, 0.3) is 0 Å². The van der Waals surface area contributed by atoms with Crippen LogP contribution in [-0.4, -0.2) is 56.2 Å². The van der Waals surface area contributed by atoms with Crippen LogP contribution in [0.15, 0.2) is 24.5 Å². The summed E-state index contributed by atoms with van der Waals surface area (Å²) in [6, 6.07) is 3.81. The molecule has 2 aliphatic heterocycles. The van der Waals surface area contributed by atoms with Crippen LogP contribution < -0.4 is 5.32 Å². The van der Waals surface area contributed by atoms with E-state index in [2.05, 4.69) is 10.3 Å². The lowest BCUT2D eigenvalue weighted by Crippen LogP contribution is -2.44. The van der Waals surface area contributed by atoms with Crippen LogP contribution in [0.25, 0.3) is 0 Å². The van der Waals surface area contributed by atoms with Crippen molar-refractivity contribution in [2.45, 2.75) is 31.7 Å². The maximum Gasteiger partial charge on any atom is 0.223 e. The molecular weight excluding hydrogens is 354 g/mol. The van der Waals surface area contributed by atoms with E-state index in [4.69, 9.17) is 4.74 Å². The van der Waals surface area contributed by atoms with Crippen molar-refractivity contribution in [3.63, 3.8) is 0 Å². The Hall–Kier alpha value is -1.51. The van der Waals surface area contributed by atoms with E-state index in [1.165, 1.54) is 10.6 Å². The van der Waals surface area contributed by atoms with Gasteiger partial charge in [0.05, 0.1) is 12.3 Å². The minimum absolute atomic E-state index is 0.0125. The molecule has 3 heterocycles. The van der Waals surface area contributed by atoms with E-state index < -0.39 is 10.0 Å². The molecule has 0 spiro atoms. The third-order valence-electron chi connectivity index (χ3n) is 5.37. The molecule has 0 unspecified atom stereocenters. The number of aromatic nitrogens is 1. The summed E-state index contributed by atoms with van der Waals surface area (Å²) in [5, 5.41) is 3.22. The van der Waals surface area contributed by atoms with Gasteiger partial charge in [0.2, 0.25) is 15.9 Å². The van der Waals surface area contributed by atoms with Crippen molar-refractivity contribution in [3.05, 3.63) is 30.1 Å². The average molecular weight is 381 g/mol. The van der Waals surface area contributed by atoms with Gasteiger partial charge in [-0.05, 0) is 43.2 Å². The first-order chi connectivity index (χ1) is 12.4. The molecule has 1 amide bonds. The van der Waals surface area contributed by atoms with E-state index in [1.807, 2.05) is 18.3 Å². The van der Waals surface area contributed by atoms with E-state index >= 15 is 0 Å². The zero-order valence-electron chi connectivity index (χ0n) is 15.1. The van der Waals surface area contributed by atoms with E-state index in [0.29, 0.717) is 45.1 Å². The van der Waals surface area contributed by atoms with Crippen LogP contribution in [0.5, 0.6) is 0 Å². The lowest BCUT2D eigenvalue weighted by atomic mass is 9.86. The largest absolute Gasteiger partial charge is 0.381 e. The molecule has 0 bridgehead atoms. The third-order valence-corrected chi connectivity index (χ3v) is 6.68. The third kappa shape index (κ3) is 4.81. The van der Waals surface area contributed by atoms with Crippen LogP contribution in [0.1, 0.15) is 37.3 Å². The van der Waals surface area contributed by atoms with Crippen LogP contribution in [0.2, 0.25) is 0 Å². The van der Waals surface area contributed by atoms with Crippen molar-refractivity contribution >= 4 is 15.9 Å². The van der Waals surface area contributed by atoms with Gasteiger partial charge in [0.1, 0.15) is 0 Å². The summed E-state index contributed by atoms with van der Waals surface area (Å²) in [5.74, 6) is 0.193. The second-order valence-electron chi connectivity index (χ2n) is 7.16. The van der Waals surface area contributed by atoms with Gasteiger partial charge in [-0.1, -0.05) is 6.07 Å². The Morgan fingerprint density at radius 2 is 1.96 bits per heavy atom. The van der Waals surface area contributed by atoms with Crippen molar-refractivity contribution in [1.29, 1.82) is 0 Å². The Bertz CT molecular complexity index is 696. The van der Waals surface area contributed by atoms with Gasteiger partial charge >= 0.3 is 0 Å². The predicted octanol–water partition coefficient (Wildman–Crippen LogP) is 1.34. The summed E-state index contributed by atoms with van der Waals surface area (Å²) in [5.41, 5.74) is 1.02. The number of sulfonamides is 1. The number of carbonyl (C=O) groups excluding carboxylic acids is 1. The molecule has 1 aromatic heterocycles. The normalized spacial score (nSPS) is 22.0. The smallest absolute Gasteiger partial charge is 0.223 e. The molecule has 8 heteroatoms. The number of hydrogen-bond donors (Lipinski definition) is 1. The summed E-state index contributed by atoms with van der Waals surface area (Å²) in [4.78, 5) is 17.1. The van der Waals surface area contributed by atoms with Crippen molar-refractivity contribution in [2.75, 3.05) is 32.6 Å². The molecular formula is C18H27N3O4S. The van der Waals surface area contributed by atoms with E-state index in [1.54, 1.807) is 6.20 Å². The summed E-state index contributed by atoms with van der Waals surface area (Å²) in [6.45, 7) is 2.24. The fourth-order valence-electron chi connectivity index (χ4n) is 3.80. The Kier molecular flexibility index (Phi) is 6.26. The number of carbonyl (C=O) groups is 1. The monoisotopic (exact) mass is 381 g/mol. The number of amides is 1. The molecule has 2 aliphatic rings. The molecule has 1 N–H and O–H groups in total. The first-order valence-corrected chi connectivity index (χ1v) is 11.0. The van der Waals surface area contributed by atoms with Crippen LogP contribution in [-0.2, 0) is 19.6 Å². The quantitative estimate of drug-likeness (QED) is 0.831. The molecule has 0 aliphatic carbocycles. The highest BCUT2D eigenvalue weighted by molar-refractivity contribution is 7.88. The van der Waals surface area contributed by atoms with Crippen molar-refractivity contribution in [1.82, 2.24) is 14.6 Å². The van der Waals surface area contributed by atoms with Crippen molar-refractivity contribution < 1.29 is 17.9 Å². The molecule has 1 atom stereocenters. The van der Waals surface area contributed by atoms with Gasteiger partial charge in [-0.2, -0.15) is 0 Å². The molecule has 0 aromatic carbocycles. The Morgan fingerprint density at radius 1 is 1.27 bits per heavy atom. The number of piperidine rings is 1. The topological polar surface area (TPSA) is 88.6 Å². The van der Waals surface area contributed by atoms with Gasteiger partial charge in [0, 0.05) is 44.6 Å². The highest BCUT2D eigenvalue weighted by Gasteiger charge is 2.32. The number of ether oxygens (including phenoxy) is 1. The number of pyridine rings is 1. The van der Waals surface area contributed by atoms with Crippen LogP contribution in [0.3, 0.4) is 0 Å². The van der Waals surface area contributed by atoms with E-state index in [-0.39, 0.29) is 17.9 Å². The van der Waals surface area contributed by atoms with Crippen molar-refractivity contribution in [2.24, 2.45) is 11.8 Å². The van der Waals surface area contributed by atoms with Crippen LogP contribution in [0, 0.1) is 11.8 Å². The second kappa shape index (κ2) is 8.45. The average Bonchev–Trinajstić information content (AvgIpc) is 2.67. The van der Waals surface area contributed by atoms with Gasteiger partial charge in [0.15, 0.2) is 0 Å². The summed E-state index contributed by atoms with van der Waals surface area (Å²) < 4.78 is 30.2. The van der Waals surface area contributed by atoms with E-state index in [0.717, 1.165) is 18.4 Å².